The van der Waals surface area contributed by atoms with E-state index in [-0.39, 0.29) is 19.1 Å². The molecule has 2 aromatic carbocycles. The first kappa shape index (κ1) is 21.4. The first-order valence-corrected chi connectivity index (χ1v) is 9.60. The summed E-state index contributed by atoms with van der Waals surface area (Å²) < 4.78 is 17.1. The normalized spacial score (nSPS) is 26.8. The van der Waals surface area contributed by atoms with Crippen LogP contribution in [0, 0.1) is 0 Å². The summed E-state index contributed by atoms with van der Waals surface area (Å²) in [6.45, 7) is 1.99. The van der Waals surface area contributed by atoms with Gasteiger partial charge in [0.25, 0.3) is 0 Å². The smallest absolute Gasteiger partial charge is 0.217 e. The van der Waals surface area contributed by atoms with Crippen LogP contribution in [0.2, 0.25) is 0 Å². The lowest BCUT2D eigenvalue weighted by molar-refractivity contribution is -0.266. The molecule has 2 aromatic rings. The van der Waals surface area contributed by atoms with Crippen LogP contribution >= 0.6 is 0 Å². The zero-order chi connectivity index (χ0) is 20.6. The predicted molar refractivity (Wildman–Crippen MR) is 106 cm³/mol. The Morgan fingerprint density at radius 2 is 1.59 bits per heavy atom. The highest BCUT2D eigenvalue weighted by Gasteiger charge is 2.46. The van der Waals surface area contributed by atoms with Gasteiger partial charge in [-0.1, -0.05) is 60.7 Å². The fraction of sp³-hybridized carbons (Fsp3) is 0.409. The zero-order valence-corrected chi connectivity index (χ0v) is 16.3. The van der Waals surface area contributed by atoms with Gasteiger partial charge in [0.1, 0.15) is 24.4 Å². The number of benzene rings is 2. The van der Waals surface area contributed by atoms with E-state index in [9.17, 15) is 15.0 Å². The molecule has 0 unspecified atom stereocenters. The Morgan fingerprint density at radius 3 is 2.17 bits per heavy atom. The molecule has 7 nitrogen and oxygen atoms in total. The lowest BCUT2D eigenvalue weighted by atomic mass is 9.96. The first-order valence-electron chi connectivity index (χ1n) is 9.60. The van der Waals surface area contributed by atoms with Gasteiger partial charge in [0, 0.05) is 6.92 Å². The SMILES string of the molecule is CC(=O)N[C@H]1[C@@H](OCc2ccccc2)[C@H](O)[C@@H](COCc2ccccc2)O[C@H]1O. The highest BCUT2D eigenvalue weighted by molar-refractivity contribution is 5.73. The quantitative estimate of drug-likeness (QED) is 0.618. The average Bonchev–Trinajstić information content (AvgIpc) is 2.72. The van der Waals surface area contributed by atoms with Crippen molar-refractivity contribution in [3.63, 3.8) is 0 Å². The molecule has 0 bridgehead atoms. The summed E-state index contributed by atoms with van der Waals surface area (Å²) in [5, 5.41) is 23.8. The number of aliphatic hydroxyl groups excluding tert-OH is 2. The van der Waals surface area contributed by atoms with Crippen LogP contribution in [-0.2, 0) is 32.2 Å². The summed E-state index contributed by atoms with van der Waals surface area (Å²) in [7, 11) is 0. The minimum absolute atomic E-state index is 0.0745. The van der Waals surface area contributed by atoms with Crippen molar-refractivity contribution in [2.24, 2.45) is 0 Å². The molecule has 0 aliphatic carbocycles. The molecule has 1 amide bonds. The van der Waals surface area contributed by atoms with Crippen molar-refractivity contribution in [3.8, 4) is 0 Å². The Bertz CT molecular complexity index is 756. The van der Waals surface area contributed by atoms with Crippen LogP contribution < -0.4 is 5.32 Å². The summed E-state index contributed by atoms with van der Waals surface area (Å²) in [6.07, 6.45) is -4.06. The molecule has 7 heteroatoms. The molecule has 1 saturated heterocycles. The number of aliphatic hydroxyl groups is 2. The predicted octanol–water partition coefficient (Wildman–Crippen LogP) is 1.37. The number of carbonyl (C=O) groups is 1. The van der Waals surface area contributed by atoms with Gasteiger partial charge in [0.15, 0.2) is 6.29 Å². The van der Waals surface area contributed by atoms with Gasteiger partial charge < -0.3 is 29.7 Å². The van der Waals surface area contributed by atoms with Crippen molar-refractivity contribution in [1.29, 1.82) is 0 Å². The van der Waals surface area contributed by atoms with Crippen LogP contribution in [0.15, 0.2) is 60.7 Å². The van der Waals surface area contributed by atoms with Gasteiger partial charge in [-0.2, -0.15) is 0 Å². The third kappa shape index (κ3) is 6.09. The molecular weight excluding hydrogens is 374 g/mol. The van der Waals surface area contributed by atoms with E-state index in [2.05, 4.69) is 5.32 Å². The van der Waals surface area contributed by atoms with Gasteiger partial charge >= 0.3 is 0 Å². The number of carbonyl (C=O) groups excluding carboxylic acids is 1. The van der Waals surface area contributed by atoms with E-state index in [1.807, 2.05) is 60.7 Å². The van der Waals surface area contributed by atoms with Crippen molar-refractivity contribution in [3.05, 3.63) is 71.8 Å². The third-order valence-corrected chi connectivity index (χ3v) is 4.74. The van der Waals surface area contributed by atoms with Gasteiger partial charge in [0.05, 0.1) is 19.8 Å². The Balaban J connectivity index is 1.64. The van der Waals surface area contributed by atoms with Crippen LogP contribution in [-0.4, -0.2) is 53.4 Å². The lowest BCUT2D eigenvalue weighted by Gasteiger charge is -2.42. The highest BCUT2D eigenvalue weighted by atomic mass is 16.6. The summed E-state index contributed by atoms with van der Waals surface area (Å²) in [5.41, 5.74) is 1.91. The minimum Gasteiger partial charge on any atom is -0.388 e. The van der Waals surface area contributed by atoms with Crippen LogP contribution in [0.3, 0.4) is 0 Å². The molecule has 3 N–H and O–H groups in total. The maximum atomic E-state index is 11.6. The maximum Gasteiger partial charge on any atom is 0.217 e. The van der Waals surface area contributed by atoms with Crippen molar-refractivity contribution < 1.29 is 29.2 Å². The third-order valence-electron chi connectivity index (χ3n) is 4.74. The molecule has 0 radical (unpaired) electrons. The summed E-state index contributed by atoms with van der Waals surface area (Å²) in [5.74, 6) is -0.350. The number of rotatable bonds is 8. The standard InChI is InChI=1S/C22H27NO6/c1-15(24)23-19-21(28-13-17-10-6-3-7-11-17)20(25)18(29-22(19)26)14-27-12-16-8-4-2-5-9-16/h2-11,18-22,25-26H,12-14H2,1H3,(H,23,24)/t18-,19+,20-,21-,22-/m1/s1. The van der Waals surface area contributed by atoms with E-state index in [4.69, 9.17) is 14.2 Å². The number of ether oxygens (including phenoxy) is 3. The fourth-order valence-corrected chi connectivity index (χ4v) is 3.29. The molecular formula is C22H27NO6. The number of nitrogens with one attached hydrogen (secondary N) is 1. The topological polar surface area (TPSA) is 97.3 Å². The molecule has 1 fully saturated rings. The first-order chi connectivity index (χ1) is 14.0. The van der Waals surface area contributed by atoms with Crippen molar-refractivity contribution >= 4 is 5.91 Å². The van der Waals surface area contributed by atoms with Crippen molar-refractivity contribution in [1.82, 2.24) is 5.32 Å². The van der Waals surface area contributed by atoms with Crippen LogP contribution in [0.4, 0.5) is 0 Å². The van der Waals surface area contributed by atoms with Crippen molar-refractivity contribution in [2.75, 3.05) is 6.61 Å². The highest BCUT2D eigenvalue weighted by Crippen LogP contribution is 2.24. The van der Waals surface area contributed by atoms with Crippen molar-refractivity contribution in [2.45, 2.75) is 50.8 Å². The molecule has 1 aliphatic heterocycles. The van der Waals surface area contributed by atoms with Gasteiger partial charge in [-0.25, -0.2) is 0 Å². The van der Waals surface area contributed by atoms with E-state index < -0.39 is 30.6 Å². The second kappa shape index (κ2) is 10.5. The molecule has 156 valence electrons. The Morgan fingerprint density at radius 1 is 1.00 bits per heavy atom. The Kier molecular flexibility index (Phi) is 7.74. The van der Waals surface area contributed by atoms with Gasteiger partial charge in [-0.3, -0.25) is 4.79 Å². The van der Waals surface area contributed by atoms with Gasteiger partial charge in [0.2, 0.25) is 5.91 Å². The summed E-state index contributed by atoms with van der Waals surface area (Å²) in [6, 6.07) is 18.2. The van der Waals surface area contributed by atoms with E-state index in [1.54, 1.807) is 0 Å². The molecule has 1 heterocycles. The summed E-state index contributed by atoms with van der Waals surface area (Å²) >= 11 is 0. The molecule has 0 aromatic heterocycles. The van der Waals surface area contributed by atoms with Crippen LogP contribution in [0.25, 0.3) is 0 Å². The number of hydrogen-bond acceptors (Lipinski definition) is 6. The summed E-state index contributed by atoms with van der Waals surface area (Å²) in [4.78, 5) is 11.6. The molecule has 0 saturated carbocycles. The molecule has 5 atom stereocenters. The van der Waals surface area contributed by atoms with E-state index >= 15 is 0 Å². The van der Waals surface area contributed by atoms with Crippen LogP contribution in [0.5, 0.6) is 0 Å². The van der Waals surface area contributed by atoms with E-state index in [0.29, 0.717) is 6.61 Å². The molecule has 3 rings (SSSR count). The van der Waals surface area contributed by atoms with E-state index in [0.717, 1.165) is 11.1 Å². The monoisotopic (exact) mass is 401 g/mol. The molecule has 0 spiro atoms. The second-order valence-corrected chi connectivity index (χ2v) is 7.04. The maximum absolute atomic E-state index is 11.6. The second-order valence-electron chi connectivity index (χ2n) is 7.04. The average molecular weight is 401 g/mol. The zero-order valence-electron chi connectivity index (χ0n) is 16.3. The fourth-order valence-electron chi connectivity index (χ4n) is 3.29. The minimum atomic E-state index is -1.33. The van der Waals surface area contributed by atoms with E-state index in [1.165, 1.54) is 6.92 Å². The molecule has 29 heavy (non-hydrogen) atoms. The lowest BCUT2D eigenvalue weighted by Crippen LogP contribution is -2.64. The largest absolute Gasteiger partial charge is 0.388 e. The van der Waals surface area contributed by atoms with Gasteiger partial charge in [-0.15, -0.1) is 0 Å². The van der Waals surface area contributed by atoms with Crippen LogP contribution in [0.1, 0.15) is 18.1 Å². The number of amides is 1. The Labute approximate surface area is 170 Å². The number of hydrogen-bond donors (Lipinski definition) is 3. The Hall–Kier alpha value is -2.29. The molecule has 1 aliphatic rings. The van der Waals surface area contributed by atoms with Gasteiger partial charge in [-0.05, 0) is 11.1 Å².